The minimum atomic E-state index is -2.55. The lowest BCUT2D eigenvalue weighted by molar-refractivity contribution is -0.148. The number of phenols is 1. The second-order valence-corrected chi connectivity index (χ2v) is 32.1. The van der Waals surface area contributed by atoms with E-state index in [1.807, 2.05) is 66.9 Å². The summed E-state index contributed by atoms with van der Waals surface area (Å²) in [4.78, 5) is 172. The number of amides is 12. The second kappa shape index (κ2) is 43.5. The van der Waals surface area contributed by atoms with Gasteiger partial charge in [-0.15, -0.1) is 0 Å². The van der Waals surface area contributed by atoms with Crippen LogP contribution in [0.4, 0.5) is 5.69 Å². The van der Waals surface area contributed by atoms with Crippen molar-refractivity contribution in [3.8, 4) is 33.8 Å². The standard InChI is InChI=1S/C84H111N13O22S/c1-7-8-14-34-119-56-29-26-52(27-30-56)50-20-18-49(19-21-50)51-22-24-53(25-23-51)73(107)89-60-40-65(103)79(113)94-81(115)69-70(104)44(2)41-96(69)84(118)67(47(5)100)92-80(114)68(93-78(112)62-39-55(101)42-95(62)83(117)66(46(4)99)91-76(60)110)72(106)71(105)54-28-31-64(102)59(38-54)88-74(108)57(85)17-12-13-33-86-77(111)63(37-48-15-10-9-11-16-48)97-45(3)36-61(82(97)116)90-75(109)58(87-43-98)32-35-120-6/h9-11,15-16,18-31,38,43-47,55,57-58,60-63,65-72,79,99-106,113H,7-8,12-14,17,32-37,39-42,85H2,1-6H3,(H,86,111)(H,87,98)(H,88,108)(H,89,107)(H,90,109)(H,91,110)(H,92,114)(H,93,112)(H,94,115)/t44-,45?,46+,47+,55+,57-,58-,60-,61-,62-,63-,65+,66-,67-,68-,69-,70-,71-,72-,79+/m0/s1. The average Bonchev–Trinajstić information content (AvgIpc) is 1.66. The molecule has 1 unspecified atom stereocenters. The molecule has 5 aromatic rings. The Labute approximate surface area is 698 Å². The highest BCUT2D eigenvalue weighted by Gasteiger charge is 2.51. The number of nitrogens with two attached hydrogens (primary N) is 1. The Morgan fingerprint density at radius 2 is 1.25 bits per heavy atom. The van der Waals surface area contributed by atoms with Gasteiger partial charge in [-0.05, 0) is 141 Å². The maximum absolute atomic E-state index is 14.9. The molecule has 4 aliphatic heterocycles. The number of carbonyl (C=O) groups is 12. The van der Waals surface area contributed by atoms with Crippen molar-refractivity contribution < 1.29 is 108 Å². The van der Waals surface area contributed by atoms with Gasteiger partial charge in [0.1, 0.15) is 84.2 Å². The molecule has 0 radical (unpaired) electrons. The number of nitrogens with one attached hydrogen (secondary N) is 9. The lowest BCUT2D eigenvalue weighted by atomic mass is 9.96. The second-order valence-electron chi connectivity index (χ2n) is 31.1. The van der Waals surface area contributed by atoms with E-state index >= 15 is 0 Å². The number of aliphatic hydroxyl groups is 8. The van der Waals surface area contributed by atoms with Crippen LogP contribution >= 0.6 is 11.8 Å². The minimum Gasteiger partial charge on any atom is -0.506 e. The Morgan fingerprint density at radius 3 is 1.87 bits per heavy atom. The number of fused-ring (bicyclic) bond motifs is 2. The third-order valence-corrected chi connectivity index (χ3v) is 22.7. The van der Waals surface area contributed by atoms with E-state index in [1.54, 1.807) is 37.3 Å². The molecule has 650 valence electrons. The molecule has 36 heteroatoms. The summed E-state index contributed by atoms with van der Waals surface area (Å²) in [7, 11) is 0. The van der Waals surface area contributed by atoms with E-state index in [0.29, 0.717) is 30.8 Å². The van der Waals surface area contributed by atoms with Crippen molar-refractivity contribution in [2.75, 3.05) is 43.6 Å². The van der Waals surface area contributed by atoms with E-state index in [9.17, 15) is 103 Å². The largest absolute Gasteiger partial charge is 0.506 e. The van der Waals surface area contributed by atoms with Crippen molar-refractivity contribution in [1.29, 1.82) is 0 Å². The van der Waals surface area contributed by atoms with Gasteiger partial charge in [0, 0.05) is 56.4 Å². The summed E-state index contributed by atoms with van der Waals surface area (Å²) in [5, 5.41) is 126. The van der Waals surface area contributed by atoms with Gasteiger partial charge in [-0.3, -0.25) is 57.5 Å². The molecule has 0 bridgehead atoms. The predicted molar refractivity (Wildman–Crippen MR) is 440 cm³/mol. The van der Waals surface area contributed by atoms with Gasteiger partial charge in [0.05, 0.1) is 42.8 Å². The zero-order valence-electron chi connectivity index (χ0n) is 67.6. The first kappa shape index (κ1) is 93.2. The Hall–Kier alpha value is -10.7. The van der Waals surface area contributed by atoms with Crippen LogP contribution in [0.2, 0.25) is 0 Å². The van der Waals surface area contributed by atoms with Gasteiger partial charge in [0.2, 0.25) is 65.5 Å². The normalized spacial score (nSPS) is 25.1. The van der Waals surface area contributed by atoms with E-state index in [-0.39, 0.29) is 49.8 Å². The molecule has 0 saturated carbocycles. The molecule has 120 heavy (non-hydrogen) atoms. The number of rotatable bonds is 32. The molecular weight excluding hydrogens is 1580 g/mol. The first-order chi connectivity index (χ1) is 57.2. The molecule has 4 aliphatic rings. The number of hydrogen-bond acceptors (Lipinski definition) is 24. The average molecular weight is 1690 g/mol. The van der Waals surface area contributed by atoms with Gasteiger partial charge in [-0.25, -0.2) is 0 Å². The van der Waals surface area contributed by atoms with Crippen LogP contribution in [0, 0.1) is 5.92 Å². The lowest BCUT2D eigenvalue weighted by Crippen LogP contribution is -2.64. The van der Waals surface area contributed by atoms with E-state index in [2.05, 4.69) is 54.8 Å². The zero-order chi connectivity index (χ0) is 87.3. The number of phenolic OH excluding ortho intramolecular Hbond substituents is 1. The molecule has 0 aromatic heterocycles. The fourth-order valence-electron chi connectivity index (χ4n) is 15.1. The number of nitrogens with zero attached hydrogens (tertiary/aromatic N) is 3. The SMILES string of the molecule is CCCCCOc1ccc(-c2ccc(-c3ccc(C(=O)N[C@H]4C[C@@H](O)[C@@H](O)NC(=O)[C@@H]5[C@@H](O)[C@@H](C)CN5C(=O)[C@H]([C@@H](C)O)NC(=O)[C@H]([C@H](O)[C@@H](O)c5ccc(O)c(NC(=O)[C@@H](N)CCCCNC(=O)[C@H](Cc6ccccc6)N6C(=O)[C@@H](NC(=O)[C@H](CCSC)NC=O)CC6C)c5)NC(=O)[C@@H]5C[C@@H](O)CN5C(=O)[C@H]([C@@H](C)O)NC4=O)cc3)cc2)cc1. The van der Waals surface area contributed by atoms with E-state index < -0.39 is 224 Å². The molecule has 0 spiro atoms. The summed E-state index contributed by atoms with van der Waals surface area (Å²) in [5.74, 6) is -11.5. The van der Waals surface area contributed by atoms with Crippen molar-refractivity contribution in [2.45, 2.75) is 221 Å². The minimum absolute atomic E-state index is 0.000573. The van der Waals surface area contributed by atoms with E-state index in [4.69, 9.17) is 10.5 Å². The maximum atomic E-state index is 14.9. The van der Waals surface area contributed by atoms with Crippen molar-refractivity contribution >= 4 is 88.8 Å². The highest BCUT2D eigenvalue weighted by atomic mass is 32.2. The zero-order valence-corrected chi connectivity index (χ0v) is 68.5. The summed E-state index contributed by atoms with van der Waals surface area (Å²) in [6, 6.07) is 16.5. The molecule has 4 heterocycles. The number of likely N-dealkylation sites (tertiary alicyclic amines) is 1. The molecule has 20 atom stereocenters. The summed E-state index contributed by atoms with van der Waals surface area (Å²) in [6.45, 7) is 6.98. The summed E-state index contributed by atoms with van der Waals surface area (Å²) < 4.78 is 5.86. The van der Waals surface area contributed by atoms with E-state index in [1.165, 1.54) is 35.7 Å². The van der Waals surface area contributed by atoms with Crippen LogP contribution in [0.5, 0.6) is 11.5 Å². The van der Waals surface area contributed by atoms with Crippen molar-refractivity contribution in [3.05, 3.63) is 138 Å². The van der Waals surface area contributed by atoms with Gasteiger partial charge in [0.25, 0.3) is 5.91 Å². The van der Waals surface area contributed by atoms with Crippen LogP contribution in [0.1, 0.15) is 126 Å². The van der Waals surface area contributed by atoms with Crippen LogP contribution in [0.15, 0.2) is 121 Å². The molecule has 5 aromatic carbocycles. The third-order valence-electron chi connectivity index (χ3n) is 22.0. The molecule has 35 nitrogen and oxygen atoms in total. The van der Waals surface area contributed by atoms with E-state index in [0.717, 1.165) is 89.1 Å². The molecule has 4 fully saturated rings. The monoisotopic (exact) mass is 1690 g/mol. The number of benzene rings is 5. The number of aromatic hydroxyl groups is 1. The molecule has 20 N–H and O–H groups in total. The Morgan fingerprint density at radius 1 is 0.642 bits per heavy atom. The fraction of sp³-hybridized carbons (Fsp3) is 0.500. The molecular formula is C84H111N13O22S. The summed E-state index contributed by atoms with van der Waals surface area (Å²) in [6.07, 6.45) is -11.5. The fourth-order valence-corrected chi connectivity index (χ4v) is 15.6. The van der Waals surface area contributed by atoms with Crippen LogP contribution < -0.4 is 58.3 Å². The first-order valence-corrected chi connectivity index (χ1v) is 41.7. The molecule has 4 saturated heterocycles. The summed E-state index contributed by atoms with van der Waals surface area (Å²) >= 11 is 1.48. The van der Waals surface area contributed by atoms with Gasteiger partial charge in [-0.2, -0.15) is 11.8 Å². The smallest absolute Gasteiger partial charge is 0.251 e. The third kappa shape index (κ3) is 23.9. The van der Waals surface area contributed by atoms with Gasteiger partial charge < -0.3 is 119 Å². The number of anilines is 1. The van der Waals surface area contributed by atoms with Crippen LogP contribution in [0.25, 0.3) is 22.3 Å². The highest BCUT2D eigenvalue weighted by Crippen LogP contribution is 2.34. The first-order valence-electron chi connectivity index (χ1n) is 40.3. The molecule has 0 aliphatic carbocycles. The van der Waals surface area contributed by atoms with Crippen LogP contribution in [-0.4, -0.2) is 280 Å². The topological polar surface area (TPSA) is 540 Å². The van der Waals surface area contributed by atoms with Crippen molar-refractivity contribution in [1.82, 2.24) is 57.2 Å². The van der Waals surface area contributed by atoms with Crippen molar-refractivity contribution in [3.63, 3.8) is 0 Å². The number of unbranched alkanes of at least 4 members (excludes halogenated alkanes) is 3. The van der Waals surface area contributed by atoms with Gasteiger partial charge in [-0.1, -0.05) is 112 Å². The number of hydrogen-bond donors (Lipinski definition) is 19. The Bertz CT molecular complexity index is 4380. The lowest BCUT2D eigenvalue weighted by Gasteiger charge is -2.34. The number of carbonyl (C=O) groups excluding carboxylic acids is 12. The molecule has 9 rings (SSSR count). The van der Waals surface area contributed by atoms with Crippen molar-refractivity contribution in [2.24, 2.45) is 11.7 Å². The highest BCUT2D eigenvalue weighted by molar-refractivity contribution is 7.98. The summed E-state index contributed by atoms with van der Waals surface area (Å²) in [5.41, 5.74) is 9.65. The number of thioether (sulfide) groups is 1. The van der Waals surface area contributed by atoms with Crippen LogP contribution in [-0.2, 0) is 59.2 Å². The predicted octanol–water partition coefficient (Wildman–Crippen LogP) is -0.790. The maximum Gasteiger partial charge on any atom is 0.251 e. The molecule has 12 amide bonds. The van der Waals surface area contributed by atoms with Crippen LogP contribution in [0.3, 0.4) is 0 Å². The number of aliphatic hydroxyl groups excluding tert-OH is 8. The van der Waals surface area contributed by atoms with Gasteiger partial charge >= 0.3 is 0 Å². The number of ether oxygens (including phenoxy) is 1. The Balaban J connectivity index is 0.902. The Kier molecular flexibility index (Phi) is 33.8. The van der Waals surface area contributed by atoms with Gasteiger partial charge in [0.15, 0.2) is 6.23 Å². The quantitative estimate of drug-likeness (QED) is 0.0142.